The zero-order valence-electron chi connectivity index (χ0n) is 14.6. The fraction of sp³-hybridized carbons (Fsp3) is 0.625. The summed E-state index contributed by atoms with van der Waals surface area (Å²) >= 11 is 0. The van der Waals surface area contributed by atoms with Crippen molar-refractivity contribution in [1.82, 2.24) is 0 Å². The van der Waals surface area contributed by atoms with Crippen LogP contribution in [0.3, 0.4) is 0 Å². The number of rotatable bonds is 7. The molecule has 0 unspecified atom stereocenters. The van der Waals surface area contributed by atoms with Crippen LogP contribution >= 0.6 is 0 Å². The lowest BCUT2D eigenvalue weighted by Gasteiger charge is -2.42. The summed E-state index contributed by atoms with van der Waals surface area (Å²) in [5, 5.41) is 10.0. The molecule has 2 rings (SSSR count). The van der Waals surface area contributed by atoms with E-state index in [1.165, 1.54) is 33.5 Å². The summed E-state index contributed by atoms with van der Waals surface area (Å²) in [4.78, 5) is 0.0430. The number of hydrogen-bond acceptors (Lipinski definition) is 8. The summed E-state index contributed by atoms with van der Waals surface area (Å²) in [7, 11) is 0.336. The maximum Gasteiger partial charge on any atom is 0.297 e. The molecule has 0 spiro atoms. The fourth-order valence-corrected chi connectivity index (χ4v) is 3.68. The number of methoxy groups -OCH3 is 3. The number of aliphatic hydroxyl groups is 1. The van der Waals surface area contributed by atoms with Gasteiger partial charge >= 0.3 is 0 Å². The van der Waals surface area contributed by atoms with Crippen LogP contribution in [0.4, 0.5) is 0 Å². The third kappa shape index (κ3) is 4.56. The van der Waals surface area contributed by atoms with Crippen molar-refractivity contribution >= 4 is 10.1 Å². The molecule has 1 heterocycles. The zero-order valence-corrected chi connectivity index (χ0v) is 15.4. The molecule has 0 aliphatic carbocycles. The second kappa shape index (κ2) is 8.54. The summed E-state index contributed by atoms with van der Waals surface area (Å²) in [5.41, 5.74) is 0.936. The molecule has 5 atom stereocenters. The minimum atomic E-state index is -3.96. The molecular weight excluding hydrogens is 352 g/mol. The van der Waals surface area contributed by atoms with Gasteiger partial charge in [-0.3, -0.25) is 4.18 Å². The van der Waals surface area contributed by atoms with E-state index in [2.05, 4.69) is 0 Å². The van der Waals surface area contributed by atoms with Gasteiger partial charge in [-0.1, -0.05) is 17.7 Å². The Kier molecular flexibility index (Phi) is 6.92. The van der Waals surface area contributed by atoms with Gasteiger partial charge in [-0.25, -0.2) is 0 Å². The van der Waals surface area contributed by atoms with Gasteiger partial charge in [-0.2, -0.15) is 8.42 Å². The molecule has 1 aromatic rings. The van der Waals surface area contributed by atoms with Crippen molar-refractivity contribution in [3.63, 3.8) is 0 Å². The quantitative estimate of drug-likeness (QED) is 0.685. The number of ether oxygens (including phenoxy) is 4. The lowest BCUT2D eigenvalue weighted by Crippen LogP contribution is -2.60. The highest BCUT2D eigenvalue weighted by atomic mass is 32.2. The van der Waals surface area contributed by atoms with Crippen molar-refractivity contribution < 1.29 is 36.7 Å². The molecule has 25 heavy (non-hydrogen) atoms. The molecule has 0 amide bonds. The Morgan fingerprint density at radius 2 is 1.56 bits per heavy atom. The van der Waals surface area contributed by atoms with Crippen LogP contribution in [0, 0.1) is 6.92 Å². The summed E-state index contributed by atoms with van der Waals surface area (Å²) in [6, 6.07) is 6.29. The van der Waals surface area contributed by atoms with Crippen molar-refractivity contribution in [3.8, 4) is 0 Å². The van der Waals surface area contributed by atoms with E-state index in [4.69, 9.17) is 23.1 Å². The third-order valence-corrected chi connectivity index (χ3v) is 5.42. The fourth-order valence-electron chi connectivity index (χ4n) is 2.76. The van der Waals surface area contributed by atoms with E-state index in [0.717, 1.165) is 5.56 Å². The van der Waals surface area contributed by atoms with Crippen molar-refractivity contribution in [2.75, 3.05) is 27.9 Å². The second-order valence-electron chi connectivity index (χ2n) is 5.72. The molecule has 1 fully saturated rings. The summed E-state index contributed by atoms with van der Waals surface area (Å²) in [6.45, 7) is 1.52. The molecule has 8 nitrogen and oxygen atoms in total. The van der Waals surface area contributed by atoms with Crippen LogP contribution in [-0.2, 0) is 33.2 Å². The predicted octanol–water partition coefficient (Wildman–Crippen LogP) is 0.463. The van der Waals surface area contributed by atoms with Gasteiger partial charge in [-0.05, 0) is 19.1 Å². The topological polar surface area (TPSA) is 101 Å². The lowest BCUT2D eigenvalue weighted by molar-refractivity contribution is -0.298. The average Bonchev–Trinajstić information content (AvgIpc) is 2.59. The van der Waals surface area contributed by atoms with Crippen LogP contribution < -0.4 is 0 Å². The first kappa shape index (κ1) is 20.2. The van der Waals surface area contributed by atoms with Gasteiger partial charge in [0.25, 0.3) is 10.1 Å². The first-order valence-electron chi connectivity index (χ1n) is 7.72. The minimum Gasteiger partial charge on any atom is -0.376 e. The average molecular weight is 376 g/mol. The number of hydrogen-bond donors (Lipinski definition) is 1. The summed E-state index contributed by atoms with van der Waals surface area (Å²) < 4.78 is 51.0. The number of aliphatic hydroxyl groups excluding tert-OH is 1. The van der Waals surface area contributed by atoms with Crippen LogP contribution in [-0.4, -0.2) is 72.2 Å². The molecule has 1 aromatic carbocycles. The number of aryl methyl sites for hydroxylation is 1. The summed E-state index contributed by atoms with van der Waals surface area (Å²) in [6.07, 6.45) is -4.23. The Labute approximate surface area is 147 Å². The van der Waals surface area contributed by atoms with Gasteiger partial charge in [0.05, 0.1) is 11.5 Å². The molecule has 1 aliphatic heterocycles. The SMILES string of the molecule is CO[C@@H]1[C@H](OC)[C@@H](O)O[C@H](COS(=O)(=O)c2ccc(C)cc2)[C@H]1OC. The molecular formula is C16H24O8S. The standard InChI is InChI=1S/C16H24O8S/c1-10-5-7-11(8-6-10)25(18,19)23-9-12-13(20-2)14(21-3)15(22-4)16(17)24-12/h5-8,12-17H,9H2,1-4H3/t12-,13-,14+,15+,16+/m1/s1. The van der Waals surface area contributed by atoms with Crippen molar-refractivity contribution in [2.45, 2.75) is 42.5 Å². The monoisotopic (exact) mass is 376 g/mol. The van der Waals surface area contributed by atoms with E-state index in [0.29, 0.717) is 0 Å². The smallest absolute Gasteiger partial charge is 0.297 e. The van der Waals surface area contributed by atoms with E-state index in [-0.39, 0.29) is 11.5 Å². The normalized spacial score (nSPS) is 30.4. The minimum absolute atomic E-state index is 0.0430. The maximum absolute atomic E-state index is 12.3. The van der Waals surface area contributed by atoms with Crippen LogP contribution in [0.5, 0.6) is 0 Å². The van der Waals surface area contributed by atoms with Crippen molar-refractivity contribution in [1.29, 1.82) is 0 Å². The highest BCUT2D eigenvalue weighted by Gasteiger charge is 2.47. The Morgan fingerprint density at radius 1 is 1.00 bits per heavy atom. The van der Waals surface area contributed by atoms with Gasteiger partial charge < -0.3 is 24.1 Å². The highest BCUT2D eigenvalue weighted by Crippen LogP contribution is 2.27. The molecule has 0 bridgehead atoms. The van der Waals surface area contributed by atoms with E-state index < -0.39 is 40.8 Å². The van der Waals surface area contributed by atoms with Gasteiger partial charge in [0.1, 0.15) is 24.4 Å². The highest BCUT2D eigenvalue weighted by molar-refractivity contribution is 7.86. The first-order valence-corrected chi connectivity index (χ1v) is 9.13. The Hall–Kier alpha value is -1.07. The van der Waals surface area contributed by atoms with E-state index >= 15 is 0 Å². The van der Waals surface area contributed by atoms with E-state index in [9.17, 15) is 13.5 Å². The number of benzene rings is 1. The van der Waals surface area contributed by atoms with Crippen LogP contribution in [0.2, 0.25) is 0 Å². The molecule has 1 N–H and O–H groups in total. The van der Waals surface area contributed by atoms with Crippen molar-refractivity contribution in [3.05, 3.63) is 29.8 Å². The molecule has 0 saturated carbocycles. The summed E-state index contributed by atoms with van der Waals surface area (Å²) in [5.74, 6) is 0. The predicted molar refractivity (Wildman–Crippen MR) is 87.6 cm³/mol. The van der Waals surface area contributed by atoms with Gasteiger partial charge in [0, 0.05) is 21.3 Å². The van der Waals surface area contributed by atoms with E-state index in [1.54, 1.807) is 12.1 Å². The Bertz CT molecular complexity index is 645. The van der Waals surface area contributed by atoms with Crippen molar-refractivity contribution in [2.24, 2.45) is 0 Å². The molecule has 0 radical (unpaired) electrons. The third-order valence-electron chi connectivity index (χ3n) is 4.12. The molecule has 9 heteroatoms. The molecule has 1 aliphatic rings. The zero-order chi connectivity index (χ0) is 18.6. The van der Waals surface area contributed by atoms with Crippen LogP contribution in [0.25, 0.3) is 0 Å². The maximum atomic E-state index is 12.3. The Morgan fingerprint density at radius 3 is 2.08 bits per heavy atom. The van der Waals surface area contributed by atoms with Gasteiger partial charge in [0.2, 0.25) is 0 Å². The molecule has 142 valence electrons. The lowest BCUT2D eigenvalue weighted by atomic mass is 9.99. The van der Waals surface area contributed by atoms with Crippen LogP contribution in [0.1, 0.15) is 5.56 Å². The second-order valence-corrected chi connectivity index (χ2v) is 7.33. The largest absolute Gasteiger partial charge is 0.376 e. The Balaban J connectivity index is 2.11. The van der Waals surface area contributed by atoms with E-state index in [1.807, 2.05) is 6.92 Å². The molecule has 1 saturated heterocycles. The van der Waals surface area contributed by atoms with Crippen LogP contribution in [0.15, 0.2) is 29.2 Å². The van der Waals surface area contributed by atoms with Gasteiger partial charge in [0.15, 0.2) is 6.29 Å². The first-order chi connectivity index (χ1) is 11.8. The molecule has 0 aromatic heterocycles. The van der Waals surface area contributed by atoms with Gasteiger partial charge in [-0.15, -0.1) is 0 Å².